The average Bonchev–Trinajstić information content (AvgIpc) is 2.93. The number of rotatable bonds is 3. The minimum absolute atomic E-state index is 0.612. The van der Waals surface area contributed by atoms with E-state index in [0.29, 0.717) is 17.3 Å². The first-order valence-electron chi connectivity index (χ1n) is 7.01. The molecule has 7 heteroatoms. The SMILES string of the molecule is N#Cc1ccnc(N2CCN(CN3CCOC3=S)CC2)c1. The first kappa shape index (κ1) is 14.0. The molecule has 0 saturated carbocycles. The van der Waals surface area contributed by atoms with Crippen LogP contribution in [0, 0.1) is 11.3 Å². The molecule has 2 aliphatic rings. The Morgan fingerprint density at radius 2 is 2.10 bits per heavy atom. The van der Waals surface area contributed by atoms with Gasteiger partial charge in [0, 0.05) is 32.4 Å². The van der Waals surface area contributed by atoms with Gasteiger partial charge in [0.15, 0.2) is 0 Å². The summed E-state index contributed by atoms with van der Waals surface area (Å²) in [5.74, 6) is 0.883. The highest BCUT2D eigenvalue weighted by atomic mass is 32.1. The maximum absolute atomic E-state index is 8.95. The maximum Gasteiger partial charge on any atom is 0.260 e. The standard InChI is InChI=1S/C14H17N5OS/c15-10-12-1-2-16-13(9-12)18-5-3-17(4-6-18)11-19-7-8-20-14(19)21/h1-2,9H,3-8,11H2. The number of aromatic nitrogens is 1. The van der Waals surface area contributed by atoms with Crippen molar-refractivity contribution in [1.82, 2.24) is 14.8 Å². The molecule has 2 fully saturated rings. The molecular weight excluding hydrogens is 286 g/mol. The third kappa shape index (κ3) is 3.23. The van der Waals surface area contributed by atoms with Gasteiger partial charge in [-0.15, -0.1) is 0 Å². The Labute approximate surface area is 129 Å². The van der Waals surface area contributed by atoms with E-state index in [-0.39, 0.29) is 0 Å². The van der Waals surface area contributed by atoms with Gasteiger partial charge in [-0.05, 0) is 24.4 Å². The summed E-state index contributed by atoms with van der Waals surface area (Å²) in [6.45, 7) is 6.13. The normalized spacial score (nSPS) is 19.5. The van der Waals surface area contributed by atoms with Crippen molar-refractivity contribution in [3.63, 3.8) is 0 Å². The highest BCUT2D eigenvalue weighted by Gasteiger charge is 2.24. The van der Waals surface area contributed by atoms with E-state index in [2.05, 4.69) is 25.8 Å². The number of piperazine rings is 1. The molecule has 6 nitrogen and oxygen atoms in total. The van der Waals surface area contributed by atoms with Crippen LogP contribution in [0.1, 0.15) is 5.56 Å². The molecule has 2 aliphatic heterocycles. The van der Waals surface area contributed by atoms with E-state index in [1.54, 1.807) is 12.3 Å². The lowest BCUT2D eigenvalue weighted by molar-refractivity contribution is 0.186. The summed E-state index contributed by atoms with van der Waals surface area (Å²) in [6, 6.07) is 5.73. The Bertz CT molecular complexity index is 565. The highest BCUT2D eigenvalue weighted by Crippen LogP contribution is 2.15. The topological polar surface area (TPSA) is 55.6 Å². The van der Waals surface area contributed by atoms with Gasteiger partial charge in [0.2, 0.25) is 0 Å². The van der Waals surface area contributed by atoms with E-state index in [1.807, 2.05) is 6.07 Å². The number of thiocarbonyl (C=S) groups is 1. The number of nitriles is 1. The zero-order valence-corrected chi connectivity index (χ0v) is 12.6. The second-order valence-corrected chi connectivity index (χ2v) is 5.49. The van der Waals surface area contributed by atoms with Crippen molar-refractivity contribution in [2.24, 2.45) is 0 Å². The van der Waals surface area contributed by atoms with Gasteiger partial charge in [0.25, 0.3) is 5.17 Å². The molecule has 0 aromatic carbocycles. The molecule has 3 rings (SSSR count). The lowest BCUT2D eigenvalue weighted by atomic mass is 10.2. The smallest absolute Gasteiger partial charge is 0.260 e. The van der Waals surface area contributed by atoms with Gasteiger partial charge in [0.05, 0.1) is 24.8 Å². The van der Waals surface area contributed by atoms with Crippen molar-refractivity contribution >= 4 is 23.2 Å². The zero-order chi connectivity index (χ0) is 14.7. The fourth-order valence-corrected chi connectivity index (χ4v) is 2.81. The molecule has 3 heterocycles. The molecule has 21 heavy (non-hydrogen) atoms. The molecule has 0 N–H and O–H groups in total. The summed E-state index contributed by atoms with van der Waals surface area (Å²) in [5, 5.41) is 9.56. The molecule has 0 amide bonds. The molecule has 0 spiro atoms. The quantitative estimate of drug-likeness (QED) is 0.760. The molecule has 0 atom stereocenters. The Morgan fingerprint density at radius 3 is 2.76 bits per heavy atom. The number of ether oxygens (including phenoxy) is 1. The van der Waals surface area contributed by atoms with E-state index in [9.17, 15) is 0 Å². The van der Waals surface area contributed by atoms with Gasteiger partial charge in [-0.25, -0.2) is 4.98 Å². The number of hydrogen-bond acceptors (Lipinski definition) is 6. The minimum atomic E-state index is 0.612. The lowest BCUT2D eigenvalue weighted by Crippen LogP contribution is -2.50. The number of nitrogens with zero attached hydrogens (tertiary/aromatic N) is 5. The van der Waals surface area contributed by atoms with Gasteiger partial charge >= 0.3 is 0 Å². The van der Waals surface area contributed by atoms with Crippen molar-refractivity contribution in [2.45, 2.75) is 0 Å². The summed E-state index contributed by atoms with van der Waals surface area (Å²) in [5.41, 5.74) is 0.655. The highest BCUT2D eigenvalue weighted by molar-refractivity contribution is 7.80. The second kappa shape index (κ2) is 6.24. The molecule has 2 saturated heterocycles. The predicted octanol–water partition coefficient (Wildman–Crippen LogP) is 0.650. The minimum Gasteiger partial charge on any atom is -0.469 e. The van der Waals surface area contributed by atoms with E-state index < -0.39 is 0 Å². The second-order valence-electron chi connectivity index (χ2n) is 5.14. The summed E-state index contributed by atoms with van der Waals surface area (Å²) >= 11 is 5.16. The van der Waals surface area contributed by atoms with Crippen molar-refractivity contribution in [3.05, 3.63) is 23.9 Å². The van der Waals surface area contributed by atoms with Crippen LogP contribution < -0.4 is 4.90 Å². The lowest BCUT2D eigenvalue weighted by Gasteiger charge is -2.37. The Balaban J connectivity index is 1.55. The van der Waals surface area contributed by atoms with E-state index >= 15 is 0 Å². The van der Waals surface area contributed by atoms with Crippen LogP contribution in [-0.2, 0) is 4.74 Å². The van der Waals surface area contributed by atoms with Gasteiger partial charge in [0.1, 0.15) is 12.4 Å². The first-order chi connectivity index (χ1) is 10.3. The summed E-state index contributed by atoms with van der Waals surface area (Å²) in [7, 11) is 0. The molecule has 0 aliphatic carbocycles. The predicted molar refractivity (Wildman–Crippen MR) is 82.9 cm³/mol. The number of pyridine rings is 1. The van der Waals surface area contributed by atoms with Gasteiger partial charge in [-0.2, -0.15) is 5.26 Å². The van der Waals surface area contributed by atoms with Gasteiger partial charge in [-0.1, -0.05) is 0 Å². The van der Waals surface area contributed by atoms with Crippen molar-refractivity contribution in [3.8, 4) is 6.07 Å². The third-order valence-electron chi connectivity index (χ3n) is 3.79. The van der Waals surface area contributed by atoms with E-state index in [1.165, 1.54) is 0 Å². The summed E-state index contributed by atoms with van der Waals surface area (Å²) in [4.78, 5) is 11.0. The molecule has 1 aromatic rings. The van der Waals surface area contributed by atoms with E-state index in [4.69, 9.17) is 22.2 Å². The molecule has 1 aromatic heterocycles. The van der Waals surface area contributed by atoms with Crippen LogP contribution >= 0.6 is 12.2 Å². The van der Waals surface area contributed by atoms with Crippen LogP contribution in [0.5, 0.6) is 0 Å². The monoisotopic (exact) mass is 303 g/mol. The van der Waals surface area contributed by atoms with Crippen LogP contribution in [0.3, 0.4) is 0 Å². The average molecular weight is 303 g/mol. The zero-order valence-electron chi connectivity index (χ0n) is 11.7. The molecular formula is C14H17N5OS. The van der Waals surface area contributed by atoms with Crippen LogP contribution in [0.25, 0.3) is 0 Å². The number of anilines is 1. The fraction of sp³-hybridized carbons (Fsp3) is 0.500. The Morgan fingerprint density at radius 1 is 1.29 bits per heavy atom. The fourth-order valence-electron chi connectivity index (χ4n) is 2.57. The summed E-state index contributed by atoms with van der Waals surface area (Å²) < 4.78 is 5.30. The van der Waals surface area contributed by atoms with Crippen LogP contribution in [0.4, 0.5) is 5.82 Å². The van der Waals surface area contributed by atoms with Crippen molar-refractivity contribution in [1.29, 1.82) is 5.26 Å². The molecule has 0 bridgehead atoms. The summed E-state index contributed by atoms with van der Waals surface area (Å²) in [6.07, 6.45) is 1.69. The van der Waals surface area contributed by atoms with Crippen molar-refractivity contribution in [2.75, 3.05) is 50.9 Å². The number of hydrogen-bond donors (Lipinski definition) is 0. The Hall–Kier alpha value is -1.91. The molecule has 110 valence electrons. The van der Waals surface area contributed by atoms with Crippen LogP contribution in [0.15, 0.2) is 18.3 Å². The largest absolute Gasteiger partial charge is 0.469 e. The Kier molecular flexibility index (Phi) is 4.18. The van der Waals surface area contributed by atoms with Gasteiger partial charge in [-0.3, -0.25) is 4.90 Å². The third-order valence-corrected chi connectivity index (χ3v) is 4.16. The van der Waals surface area contributed by atoms with E-state index in [0.717, 1.165) is 45.2 Å². The van der Waals surface area contributed by atoms with Crippen LogP contribution in [-0.4, -0.2) is 66.0 Å². The molecule has 0 radical (unpaired) electrons. The van der Waals surface area contributed by atoms with Crippen LogP contribution in [0.2, 0.25) is 0 Å². The maximum atomic E-state index is 8.95. The first-order valence-corrected chi connectivity index (χ1v) is 7.42. The molecule has 0 unspecified atom stereocenters. The van der Waals surface area contributed by atoms with Gasteiger partial charge < -0.3 is 14.5 Å². The van der Waals surface area contributed by atoms with Crippen molar-refractivity contribution < 1.29 is 4.74 Å².